The van der Waals surface area contributed by atoms with Crippen LogP contribution in [-0.4, -0.2) is 43.8 Å². The molecule has 3 aromatic rings. The third-order valence-corrected chi connectivity index (χ3v) is 7.58. The molecule has 0 spiro atoms. The summed E-state index contributed by atoms with van der Waals surface area (Å²) in [7, 11) is 0. The van der Waals surface area contributed by atoms with Crippen molar-refractivity contribution in [2.75, 3.05) is 23.3 Å². The minimum atomic E-state index is -0.198. The van der Waals surface area contributed by atoms with E-state index in [9.17, 15) is 9.90 Å². The fourth-order valence-corrected chi connectivity index (χ4v) is 5.15. The van der Waals surface area contributed by atoms with Gasteiger partial charge in [-0.2, -0.15) is 4.98 Å². The summed E-state index contributed by atoms with van der Waals surface area (Å²) in [6.07, 6.45) is 9.23. The second kappa shape index (κ2) is 8.78. The van der Waals surface area contributed by atoms with Gasteiger partial charge in [-0.05, 0) is 66.2 Å². The lowest BCUT2D eigenvalue weighted by Crippen LogP contribution is -2.35. The second-order valence-electron chi connectivity index (χ2n) is 8.73. The smallest absolute Gasteiger partial charge is 0.267 e. The van der Waals surface area contributed by atoms with Crippen molar-refractivity contribution >= 4 is 44.4 Å². The quantitative estimate of drug-likeness (QED) is 0.559. The van der Waals surface area contributed by atoms with Crippen LogP contribution in [0.5, 0.6) is 0 Å². The maximum Gasteiger partial charge on any atom is 0.267 e. The topological polar surface area (TPSA) is 96.2 Å². The van der Waals surface area contributed by atoms with Crippen molar-refractivity contribution in [1.29, 1.82) is 0 Å². The number of halogens is 1. The predicted octanol–water partition coefficient (Wildman–Crippen LogP) is 4.08. The molecule has 1 saturated carbocycles. The van der Waals surface area contributed by atoms with Crippen LogP contribution in [0.4, 0.5) is 17.5 Å². The Bertz CT molecular complexity index is 1180. The van der Waals surface area contributed by atoms with E-state index in [0.29, 0.717) is 21.9 Å². The number of aliphatic hydroxyl groups excluding tert-OH is 1. The van der Waals surface area contributed by atoms with Crippen LogP contribution in [-0.2, 0) is 0 Å². The van der Waals surface area contributed by atoms with E-state index >= 15 is 0 Å². The van der Waals surface area contributed by atoms with Crippen LogP contribution in [0.3, 0.4) is 0 Å². The number of rotatable bonds is 4. The fourth-order valence-electron chi connectivity index (χ4n) is 4.75. The molecule has 0 aromatic carbocycles. The molecule has 2 aliphatic rings. The standard InChI is InChI=1S/C23H27BrN6O2/c1-14-18-13-26-23(28-21(18)30(22(32)20(14)24)15-4-2-3-5-15)27-19-7-6-16(12-25-19)29-10-8-17(31)9-11-29/h6-7,12-13,15,17,31H,2-5,8-11H2,1H3,(H,25,26,27,28). The highest BCUT2D eigenvalue weighted by Gasteiger charge is 2.24. The Morgan fingerprint density at radius 1 is 1.09 bits per heavy atom. The van der Waals surface area contributed by atoms with E-state index in [4.69, 9.17) is 4.98 Å². The Kier molecular flexibility index (Phi) is 5.86. The molecule has 1 saturated heterocycles. The van der Waals surface area contributed by atoms with Crippen LogP contribution >= 0.6 is 15.9 Å². The highest BCUT2D eigenvalue weighted by molar-refractivity contribution is 9.10. The first-order valence-electron chi connectivity index (χ1n) is 11.2. The average Bonchev–Trinajstić information content (AvgIpc) is 3.33. The number of aryl methyl sites for hydroxylation is 1. The minimum Gasteiger partial charge on any atom is -0.393 e. The first kappa shape index (κ1) is 21.3. The zero-order chi connectivity index (χ0) is 22.2. The number of fused-ring (bicyclic) bond motifs is 1. The van der Waals surface area contributed by atoms with E-state index in [1.54, 1.807) is 6.20 Å². The van der Waals surface area contributed by atoms with Crippen molar-refractivity contribution in [3.8, 4) is 0 Å². The highest BCUT2D eigenvalue weighted by atomic mass is 79.9. The Morgan fingerprint density at radius 3 is 2.53 bits per heavy atom. The van der Waals surface area contributed by atoms with Crippen LogP contribution in [0, 0.1) is 6.92 Å². The van der Waals surface area contributed by atoms with Crippen molar-refractivity contribution in [3.63, 3.8) is 0 Å². The fraction of sp³-hybridized carbons (Fsp3) is 0.478. The monoisotopic (exact) mass is 498 g/mol. The Balaban J connectivity index is 1.44. The van der Waals surface area contributed by atoms with Crippen molar-refractivity contribution in [3.05, 3.63) is 44.9 Å². The van der Waals surface area contributed by atoms with E-state index in [0.717, 1.165) is 68.3 Å². The van der Waals surface area contributed by atoms with Crippen molar-refractivity contribution in [2.24, 2.45) is 0 Å². The van der Waals surface area contributed by atoms with Gasteiger partial charge >= 0.3 is 0 Å². The molecule has 3 aromatic heterocycles. The van der Waals surface area contributed by atoms with Crippen LogP contribution < -0.4 is 15.8 Å². The number of aliphatic hydroxyl groups is 1. The van der Waals surface area contributed by atoms with Crippen LogP contribution in [0.25, 0.3) is 11.0 Å². The molecule has 4 heterocycles. The maximum atomic E-state index is 13.1. The summed E-state index contributed by atoms with van der Waals surface area (Å²) in [4.78, 5) is 29.1. The van der Waals surface area contributed by atoms with E-state index in [1.165, 1.54) is 0 Å². The number of hydrogen-bond donors (Lipinski definition) is 2. The molecular weight excluding hydrogens is 472 g/mol. The zero-order valence-corrected chi connectivity index (χ0v) is 19.7. The molecule has 5 rings (SSSR count). The van der Waals surface area contributed by atoms with Gasteiger partial charge < -0.3 is 15.3 Å². The van der Waals surface area contributed by atoms with Crippen LogP contribution in [0.15, 0.2) is 33.8 Å². The van der Waals surface area contributed by atoms with E-state index in [1.807, 2.05) is 29.8 Å². The third-order valence-electron chi connectivity index (χ3n) is 6.64. The van der Waals surface area contributed by atoms with Gasteiger partial charge in [-0.25, -0.2) is 9.97 Å². The number of hydrogen-bond acceptors (Lipinski definition) is 7. The highest BCUT2D eigenvalue weighted by Crippen LogP contribution is 2.32. The second-order valence-corrected chi connectivity index (χ2v) is 9.52. The first-order chi connectivity index (χ1) is 15.5. The summed E-state index contributed by atoms with van der Waals surface area (Å²) in [6.45, 7) is 3.58. The predicted molar refractivity (Wildman–Crippen MR) is 129 cm³/mol. The van der Waals surface area contributed by atoms with Crippen molar-refractivity contribution in [1.82, 2.24) is 19.5 Å². The lowest BCUT2D eigenvalue weighted by atomic mass is 10.1. The number of nitrogens with zero attached hydrogens (tertiary/aromatic N) is 5. The summed E-state index contributed by atoms with van der Waals surface area (Å²) >= 11 is 3.48. The molecular formula is C23H27BrN6O2. The summed E-state index contributed by atoms with van der Waals surface area (Å²) in [6, 6.07) is 4.10. The van der Waals surface area contributed by atoms with Crippen LogP contribution in [0.2, 0.25) is 0 Å². The van der Waals surface area contributed by atoms with E-state index in [2.05, 4.69) is 36.1 Å². The van der Waals surface area contributed by atoms with Gasteiger partial charge in [0.05, 0.1) is 22.5 Å². The summed E-state index contributed by atoms with van der Waals surface area (Å²) < 4.78 is 2.43. The average molecular weight is 499 g/mol. The zero-order valence-electron chi connectivity index (χ0n) is 18.1. The van der Waals surface area contributed by atoms with Crippen molar-refractivity contribution in [2.45, 2.75) is 57.6 Å². The molecule has 0 radical (unpaired) electrons. The van der Waals surface area contributed by atoms with Gasteiger partial charge in [-0.1, -0.05) is 12.8 Å². The summed E-state index contributed by atoms with van der Waals surface area (Å²) in [5.41, 5.74) is 2.54. The first-order valence-corrected chi connectivity index (χ1v) is 12.0. The number of piperidine rings is 1. The summed E-state index contributed by atoms with van der Waals surface area (Å²) in [5, 5.41) is 13.8. The molecule has 2 fully saturated rings. The molecule has 0 unspecified atom stereocenters. The molecule has 1 aliphatic heterocycles. The number of aromatic nitrogens is 4. The Morgan fingerprint density at radius 2 is 1.84 bits per heavy atom. The van der Waals surface area contributed by atoms with Gasteiger partial charge in [-0.3, -0.25) is 9.36 Å². The number of nitrogens with one attached hydrogen (secondary N) is 1. The number of pyridine rings is 2. The van der Waals surface area contributed by atoms with Crippen molar-refractivity contribution < 1.29 is 5.11 Å². The molecule has 168 valence electrons. The van der Waals surface area contributed by atoms with E-state index in [-0.39, 0.29) is 17.7 Å². The van der Waals surface area contributed by atoms with Gasteiger partial charge in [0.25, 0.3) is 5.56 Å². The molecule has 32 heavy (non-hydrogen) atoms. The normalized spacial score (nSPS) is 17.9. The number of anilines is 3. The third kappa shape index (κ3) is 3.99. The minimum absolute atomic E-state index is 0.0272. The van der Waals surface area contributed by atoms with Gasteiger partial charge in [-0.15, -0.1) is 0 Å². The molecule has 9 heteroatoms. The Hall–Kier alpha value is -2.52. The van der Waals surface area contributed by atoms with Gasteiger partial charge in [0.2, 0.25) is 5.95 Å². The van der Waals surface area contributed by atoms with Gasteiger partial charge in [0.1, 0.15) is 11.5 Å². The maximum absolute atomic E-state index is 13.1. The Labute approximate surface area is 194 Å². The van der Waals surface area contributed by atoms with Gasteiger partial charge in [0.15, 0.2) is 0 Å². The summed E-state index contributed by atoms with van der Waals surface area (Å²) in [5.74, 6) is 1.07. The molecule has 0 bridgehead atoms. The molecule has 0 atom stereocenters. The lowest BCUT2D eigenvalue weighted by molar-refractivity contribution is 0.145. The largest absolute Gasteiger partial charge is 0.393 e. The molecule has 8 nitrogen and oxygen atoms in total. The van der Waals surface area contributed by atoms with Gasteiger partial charge in [0, 0.05) is 30.7 Å². The molecule has 2 N–H and O–H groups in total. The van der Waals surface area contributed by atoms with E-state index < -0.39 is 0 Å². The SMILES string of the molecule is Cc1c(Br)c(=O)n(C2CCCC2)c2nc(Nc3ccc(N4CCC(O)CC4)cn3)ncc12. The molecule has 0 amide bonds. The lowest BCUT2D eigenvalue weighted by Gasteiger charge is -2.31. The van der Waals surface area contributed by atoms with Crippen LogP contribution in [0.1, 0.15) is 50.1 Å². The molecule has 1 aliphatic carbocycles.